The van der Waals surface area contributed by atoms with E-state index in [2.05, 4.69) is 0 Å². The van der Waals surface area contributed by atoms with Gasteiger partial charge in [-0.25, -0.2) is 4.39 Å². The van der Waals surface area contributed by atoms with Gasteiger partial charge in [0.25, 0.3) is 0 Å². The van der Waals surface area contributed by atoms with Crippen molar-refractivity contribution >= 4 is 0 Å². The molecule has 3 heteroatoms. The molecule has 0 heterocycles. The van der Waals surface area contributed by atoms with Crippen molar-refractivity contribution < 1.29 is 14.2 Å². The van der Waals surface area contributed by atoms with Crippen LogP contribution in [0, 0.1) is 12.7 Å². The fourth-order valence-corrected chi connectivity index (χ4v) is 2.04. The van der Waals surface area contributed by atoms with E-state index in [9.17, 15) is 9.50 Å². The van der Waals surface area contributed by atoms with E-state index in [0.29, 0.717) is 11.3 Å². The zero-order valence-electron chi connectivity index (χ0n) is 9.45. The van der Waals surface area contributed by atoms with Gasteiger partial charge < -0.3 is 9.84 Å². The summed E-state index contributed by atoms with van der Waals surface area (Å²) in [5.41, 5.74) is 0.608. The lowest BCUT2D eigenvalue weighted by Crippen LogP contribution is -2.34. The molecule has 0 amide bonds. The van der Waals surface area contributed by atoms with Crippen LogP contribution in [-0.4, -0.2) is 17.3 Å². The quantitative estimate of drug-likeness (QED) is 0.837. The van der Waals surface area contributed by atoms with Crippen LogP contribution in [0.5, 0.6) is 5.75 Å². The molecule has 0 saturated heterocycles. The maximum Gasteiger partial charge on any atom is 0.129 e. The van der Waals surface area contributed by atoms with Crippen molar-refractivity contribution in [2.24, 2.45) is 0 Å². The third kappa shape index (κ3) is 2.53. The number of aliphatic hydroxyl groups is 1. The molecular weight excluding hydrogens is 207 g/mol. The molecule has 2 atom stereocenters. The molecule has 0 spiro atoms. The first-order chi connectivity index (χ1) is 7.66. The maximum absolute atomic E-state index is 13.3. The van der Waals surface area contributed by atoms with E-state index >= 15 is 0 Å². The average molecular weight is 224 g/mol. The molecule has 1 aromatic rings. The highest BCUT2D eigenvalue weighted by molar-refractivity contribution is 5.28. The smallest absolute Gasteiger partial charge is 0.129 e. The second-order valence-corrected chi connectivity index (χ2v) is 4.42. The SMILES string of the molecule is Cc1ccc(O[C@H]2CCCC[C@@H]2O)cc1F. The van der Waals surface area contributed by atoms with Crippen molar-refractivity contribution in [1.29, 1.82) is 0 Å². The Morgan fingerprint density at radius 2 is 2.06 bits per heavy atom. The average Bonchev–Trinajstić information content (AvgIpc) is 2.27. The molecule has 0 radical (unpaired) electrons. The lowest BCUT2D eigenvalue weighted by Gasteiger charge is -2.28. The molecule has 1 N–H and O–H groups in total. The standard InChI is InChI=1S/C13H17FO2/c1-9-6-7-10(8-11(9)14)16-13-5-3-2-4-12(13)15/h6-8,12-13,15H,2-5H2,1H3/t12-,13-/m0/s1. The molecule has 0 aromatic heterocycles. The fourth-order valence-electron chi connectivity index (χ4n) is 2.04. The highest BCUT2D eigenvalue weighted by Gasteiger charge is 2.24. The summed E-state index contributed by atoms with van der Waals surface area (Å²) in [4.78, 5) is 0. The first-order valence-electron chi connectivity index (χ1n) is 5.77. The molecule has 0 unspecified atom stereocenters. The molecule has 88 valence electrons. The van der Waals surface area contributed by atoms with Gasteiger partial charge in [0.1, 0.15) is 17.7 Å². The summed E-state index contributed by atoms with van der Waals surface area (Å²) in [7, 11) is 0. The van der Waals surface area contributed by atoms with Gasteiger partial charge in [-0.05, 0) is 37.8 Å². The van der Waals surface area contributed by atoms with Crippen molar-refractivity contribution in [3.8, 4) is 5.75 Å². The first kappa shape index (κ1) is 11.4. The Kier molecular flexibility index (Phi) is 3.44. The summed E-state index contributed by atoms with van der Waals surface area (Å²) >= 11 is 0. The number of rotatable bonds is 2. The van der Waals surface area contributed by atoms with Gasteiger partial charge in [0.15, 0.2) is 0 Å². The Bertz CT molecular complexity index is 365. The molecule has 2 rings (SSSR count). The molecule has 1 saturated carbocycles. The second-order valence-electron chi connectivity index (χ2n) is 4.42. The van der Waals surface area contributed by atoms with Gasteiger partial charge in [-0.3, -0.25) is 0 Å². The summed E-state index contributed by atoms with van der Waals surface area (Å²) in [5, 5.41) is 9.74. The third-order valence-electron chi connectivity index (χ3n) is 3.10. The first-order valence-corrected chi connectivity index (χ1v) is 5.77. The summed E-state index contributed by atoms with van der Waals surface area (Å²) in [5.74, 6) is 0.247. The maximum atomic E-state index is 13.3. The Morgan fingerprint density at radius 1 is 1.31 bits per heavy atom. The lowest BCUT2D eigenvalue weighted by atomic mass is 9.95. The van der Waals surface area contributed by atoms with E-state index < -0.39 is 6.10 Å². The van der Waals surface area contributed by atoms with Gasteiger partial charge in [-0.15, -0.1) is 0 Å². The molecule has 0 aliphatic heterocycles. The molecule has 1 aromatic carbocycles. The summed E-state index contributed by atoms with van der Waals surface area (Å²) in [6.07, 6.45) is 3.13. The van der Waals surface area contributed by atoms with E-state index in [1.54, 1.807) is 19.1 Å². The lowest BCUT2D eigenvalue weighted by molar-refractivity contribution is 0.00672. The summed E-state index contributed by atoms with van der Waals surface area (Å²) < 4.78 is 18.9. The zero-order valence-corrected chi connectivity index (χ0v) is 9.45. The topological polar surface area (TPSA) is 29.5 Å². The minimum atomic E-state index is -0.418. The van der Waals surface area contributed by atoms with E-state index in [-0.39, 0.29) is 11.9 Å². The molecule has 1 aliphatic rings. The van der Waals surface area contributed by atoms with Crippen LogP contribution in [0.2, 0.25) is 0 Å². The van der Waals surface area contributed by atoms with Crippen LogP contribution in [0.4, 0.5) is 4.39 Å². The van der Waals surface area contributed by atoms with Gasteiger partial charge in [-0.2, -0.15) is 0 Å². The third-order valence-corrected chi connectivity index (χ3v) is 3.10. The fraction of sp³-hybridized carbons (Fsp3) is 0.538. The Morgan fingerprint density at radius 3 is 2.75 bits per heavy atom. The number of benzene rings is 1. The normalized spacial score (nSPS) is 25.4. The van der Waals surface area contributed by atoms with E-state index in [0.717, 1.165) is 25.7 Å². The Hall–Kier alpha value is -1.09. The van der Waals surface area contributed by atoms with Crippen LogP contribution in [0.1, 0.15) is 31.2 Å². The van der Waals surface area contributed by atoms with Gasteiger partial charge in [0.05, 0.1) is 6.10 Å². The molecule has 1 fully saturated rings. The highest BCUT2D eigenvalue weighted by atomic mass is 19.1. The summed E-state index contributed by atoms with van der Waals surface area (Å²) in [6.45, 7) is 1.72. The van der Waals surface area contributed by atoms with Crippen LogP contribution in [0.15, 0.2) is 18.2 Å². The van der Waals surface area contributed by atoms with Crippen molar-refractivity contribution in [2.75, 3.05) is 0 Å². The van der Waals surface area contributed by atoms with Crippen LogP contribution < -0.4 is 4.74 Å². The van der Waals surface area contributed by atoms with E-state index in [4.69, 9.17) is 4.74 Å². The zero-order chi connectivity index (χ0) is 11.5. The number of hydrogen-bond acceptors (Lipinski definition) is 2. The minimum Gasteiger partial charge on any atom is -0.488 e. The van der Waals surface area contributed by atoms with Crippen LogP contribution in [0.3, 0.4) is 0 Å². The van der Waals surface area contributed by atoms with Gasteiger partial charge in [-0.1, -0.05) is 12.5 Å². The Labute approximate surface area is 95.1 Å². The molecular formula is C13H17FO2. The van der Waals surface area contributed by atoms with Crippen LogP contribution in [-0.2, 0) is 0 Å². The van der Waals surface area contributed by atoms with Crippen molar-refractivity contribution in [1.82, 2.24) is 0 Å². The van der Waals surface area contributed by atoms with Gasteiger partial charge in [0, 0.05) is 6.07 Å². The van der Waals surface area contributed by atoms with Crippen LogP contribution in [0.25, 0.3) is 0 Å². The number of halogens is 1. The number of ether oxygens (including phenoxy) is 1. The predicted molar refractivity (Wildman–Crippen MR) is 60.0 cm³/mol. The van der Waals surface area contributed by atoms with Crippen LogP contribution >= 0.6 is 0 Å². The van der Waals surface area contributed by atoms with Gasteiger partial charge >= 0.3 is 0 Å². The molecule has 16 heavy (non-hydrogen) atoms. The summed E-state index contributed by atoms with van der Waals surface area (Å²) in [6, 6.07) is 4.83. The highest BCUT2D eigenvalue weighted by Crippen LogP contribution is 2.24. The molecule has 2 nitrogen and oxygen atoms in total. The van der Waals surface area contributed by atoms with Crippen molar-refractivity contribution in [3.05, 3.63) is 29.6 Å². The number of aliphatic hydroxyl groups excluding tert-OH is 1. The minimum absolute atomic E-state index is 0.184. The number of aryl methyl sites for hydroxylation is 1. The van der Waals surface area contributed by atoms with Crippen molar-refractivity contribution in [3.63, 3.8) is 0 Å². The largest absolute Gasteiger partial charge is 0.488 e. The van der Waals surface area contributed by atoms with Crippen molar-refractivity contribution in [2.45, 2.75) is 44.8 Å². The Balaban J connectivity index is 2.05. The second kappa shape index (κ2) is 4.83. The predicted octanol–water partition coefficient (Wildman–Crippen LogP) is 2.82. The number of hydrogen-bond donors (Lipinski definition) is 1. The van der Waals surface area contributed by atoms with Gasteiger partial charge in [0.2, 0.25) is 0 Å². The van der Waals surface area contributed by atoms with E-state index in [1.807, 2.05) is 0 Å². The van der Waals surface area contributed by atoms with E-state index in [1.165, 1.54) is 6.07 Å². The molecule has 0 bridgehead atoms. The monoisotopic (exact) mass is 224 g/mol. The molecule has 1 aliphatic carbocycles.